The number of aryl methyl sites for hydroxylation is 1. The highest BCUT2D eigenvalue weighted by Crippen LogP contribution is 2.23. The van der Waals surface area contributed by atoms with Gasteiger partial charge in [-0.25, -0.2) is 13.4 Å². The molecule has 17 heavy (non-hydrogen) atoms. The molecule has 0 radical (unpaired) electrons. The normalized spacial score (nSPS) is 11.4. The highest BCUT2D eigenvalue weighted by atomic mass is 79.9. The number of nitrogens with zero attached hydrogens (tertiary/aromatic N) is 1. The van der Waals surface area contributed by atoms with Crippen molar-refractivity contribution in [1.29, 1.82) is 0 Å². The van der Waals surface area contributed by atoms with Crippen LogP contribution in [-0.4, -0.2) is 13.4 Å². The van der Waals surface area contributed by atoms with E-state index >= 15 is 0 Å². The third kappa shape index (κ3) is 2.40. The molecule has 0 fully saturated rings. The van der Waals surface area contributed by atoms with Crippen LogP contribution in [0.5, 0.6) is 0 Å². The van der Waals surface area contributed by atoms with Crippen molar-refractivity contribution in [3.63, 3.8) is 0 Å². The highest BCUT2D eigenvalue weighted by molar-refractivity contribution is 9.10. The van der Waals surface area contributed by atoms with E-state index in [1.165, 1.54) is 6.20 Å². The Balaban J connectivity index is 2.61. The van der Waals surface area contributed by atoms with Crippen LogP contribution in [0.25, 0.3) is 0 Å². The van der Waals surface area contributed by atoms with Crippen LogP contribution in [0.2, 0.25) is 0 Å². The lowest BCUT2D eigenvalue weighted by Crippen LogP contribution is -2.06. The number of hydrogen-bond acceptors (Lipinski definition) is 3. The van der Waals surface area contributed by atoms with E-state index in [1.807, 2.05) is 0 Å². The van der Waals surface area contributed by atoms with Gasteiger partial charge in [0.2, 0.25) is 9.84 Å². The summed E-state index contributed by atoms with van der Waals surface area (Å²) in [5.41, 5.74) is 0.628. The minimum atomic E-state index is -3.52. The third-order valence-electron chi connectivity index (χ3n) is 2.30. The number of aromatic nitrogens is 1. The van der Waals surface area contributed by atoms with Crippen LogP contribution in [0.4, 0.5) is 0 Å². The summed E-state index contributed by atoms with van der Waals surface area (Å²) in [6, 6.07) is 10.0. The Bertz CT molecular complexity index is 639. The van der Waals surface area contributed by atoms with E-state index in [1.54, 1.807) is 43.3 Å². The second kappa shape index (κ2) is 4.58. The summed E-state index contributed by atoms with van der Waals surface area (Å²) in [6.07, 6.45) is 1.49. The zero-order valence-corrected chi connectivity index (χ0v) is 11.5. The number of halogens is 1. The van der Waals surface area contributed by atoms with Crippen LogP contribution in [0.1, 0.15) is 5.56 Å². The molecule has 3 nitrogen and oxygen atoms in total. The Hall–Kier alpha value is -1.20. The lowest BCUT2D eigenvalue weighted by atomic mass is 10.3. The van der Waals surface area contributed by atoms with Crippen molar-refractivity contribution in [2.75, 3.05) is 0 Å². The van der Waals surface area contributed by atoms with Gasteiger partial charge >= 0.3 is 0 Å². The van der Waals surface area contributed by atoms with Crippen LogP contribution in [0, 0.1) is 6.92 Å². The minimum Gasteiger partial charge on any atom is -0.243 e. The Morgan fingerprint density at radius 2 is 1.82 bits per heavy atom. The predicted molar refractivity (Wildman–Crippen MR) is 68.6 cm³/mol. The van der Waals surface area contributed by atoms with Gasteiger partial charge in [0.15, 0.2) is 5.03 Å². The van der Waals surface area contributed by atoms with Crippen LogP contribution < -0.4 is 0 Å². The first-order chi connectivity index (χ1) is 8.01. The van der Waals surface area contributed by atoms with Crippen LogP contribution >= 0.6 is 15.9 Å². The van der Waals surface area contributed by atoms with Gasteiger partial charge in [-0.3, -0.25) is 0 Å². The molecule has 5 heteroatoms. The zero-order chi connectivity index (χ0) is 12.5. The SMILES string of the molecule is Cc1cc(Br)cnc1S(=O)(=O)c1ccccc1. The predicted octanol–water partition coefficient (Wildman–Crippen LogP) is 2.99. The smallest absolute Gasteiger partial charge is 0.224 e. The quantitative estimate of drug-likeness (QED) is 0.856. The lowest BCUT2D eigenvalue weighted by molar-refractivity contribution is 0.591. The first kappa shape index (κ1) is 12.3. The van der Waals surface area contributed by atoms with Gasteiger partial charge < -0.3 is 0 Å². The summed E-state index contributed by atoms with van der Waals surface area (Å²) in [5.74, 6) is 0. The molecule has 0 saturated heterocycles. The molecule has 0 N–H and O–H groups in total. The van der Waals surface area contributed by atoms with Gasteiger partial charge in [-0.1, -0.05) is 18.2 Å². The molecule has 0 spiro atoms. The lowest BCUT2D eigenvalue weighted by Gasteiger charge is -2.06. The maximum atomic E-state index is 12.3. The average molecular weight is 312 g/mol. The molecule has 88 valence electrons. The van der Waals surface area contributed by atoms with Gasteiger partial charge in [-0.05, 0) is 46.6 Å². The number of hydrogen-bond donors (Lipinski definition) is 0. The van der Waals surface area contributed by atoms with E-state index in [-0.39, 0.29) is 9.92 Å². The molecular weight excluding hydrogens is 302 g/mol. The molecule has 2 aromatic rings. The molecule has 0 aliphatic heterocycles. The summed E-state index contributed by atoms with van der Waals surface area (Å²) in [7, 11) is -3.52. The fourth-order valence-electron chi connectivity index (χ4n) is 1.52. The first-order valence-electron chi connectivity index (χ1n) is 4.94. The van der Waals surface area contributed by atoms with E-state index in [9.17, 15) is 8.42 Å². The average Bonchev–Trinajstić information content (AvgIpc) is 2.29. The molecule has 0 unspecified atom stereocenters. The number of benzene rings is 1. The Morgan fingerprint density at radius 3 is 2.41 bits per heavy atom. The fourth-order valence-corrected chi connectivity index (χ4v) is 3.38. The third-order valence-corrected chi connectivity index (χ3v) is 4.57. The number of pyridine rings is 1. The molecule has 0 bridgehead atoms. The van der Waals surface area contributed by atoms with Crippen molar-refractivity contribution in [3.05, 3.63) is 52.6 Å². The molecule has 0 aliphatic carbocycles. The maximum absolute atomic E-state index is 12.3. The molecule has 1 aromatic carbocycles. The molecule has 1 heterocycles. The van der Waals surface area contributed by atoms with Gasteiger partial charge in [0, 0.05) is 10.7 Å². The van der Waals surface area contributed by atoms with Crippen molar-refractivity contribution >= 4 is 25.8 Å². The summed E-state index contributed by atoms with van der Waals surface area (Å²) in [5, 5.41) is 0.104. The second-order valence-corrected chi connectivity index (χ2v) is 6.37. The fraction of sp³-hybridized carbons (Fsp3) is 0.0833. The largest absolute Gasteiger partial charge is 0.243 e. The summed E-state index contributed by atoms with van der Waals surface area (Å²) >= 11 is 3.26. The first-order valence-corrected chi connectivity index (χ1v) is 7.22. The van der Waals surface area contributed by atoms with Crippen molar-refractivity contribution in [1.82, 2.24) is 4.98 Å². The Morgan fingerprint density at radius 1 is 1.18 bits per heavy atom. The standard InChI is InChI=1S/C12H10BrNO2S/c1-9-7-10(13)8-14-12(9)17(15,16)11-5-3-2-4-6-11/h2-8H,1H3. The van der Waals surface area contributed by atoms with E-state index in [4.69, 9.17) is 0 Å². The molecule has 1 aromatic heterocycles. The summed E-state index contributed by atoms with van der Waals surface area (Å²) < 4.78 is 25.3. The van der Waals surface area contributed by atoms with Gasteiger partial charge in [0.25, 0.3) is 0 Å². The van der Waals surface area contributed by atoms with Crippen molar-refractivity contribution < 1.29 is 8.42 Å². The van der Waals surface area contributed by atoms with Crippen LogP contribution in [0.3, 0.4) is 0 Å². The van der Waals surface area contributed by atoms with E-state index in [0.717, 1.165) is 4.47 Å². The Labute approximate surface area is 109 Å². The highest BCUT2D eigenvalue weighted by Gasteiger charge is 2.20. The van der Waals surface area contributed by atoms with Crippen molar-refractivity contribution in [3.8, 4) is 0 Å². The number of sulfone groups is 1. The van der Waals surface area contributed by atoms with Crippen LogP contribution in [-0.2, 0) is 9.84 Å². The Kier molecular flexibility index (Phi) is 3.31. The molecule has 0 aliphatic rings. The maximum Gasteiger partial charge on any atom is 0.224 e. The minimum absolute atomic E-state index is 0.104. The van der Waals surface area contributed by atoms with Crippen LogP contribution in [0.15, 0.2) is 57.0 Å². The monoisotopic (exact) mass is 311 g/mol. The van der Waals surface area contributed by atoms with Gasteiger partial charge in [0.05, 0.1) is 4.90 Å². The van der Waals surface area contributed by atoms with Gasteiger partial charge in [-0.15, -0.1) is 0 Å². The number of rotatable bonds is 2. The van der Waals surface area contributed by atoms with Crippen molar-refractivity contribution in [2.45, 2.75) is 16.8 Å². The second-order valence-electron chi connectivity index (χ2n) is 3.59. The molecular formula is C12H10BrNO2S. The zero-order valence-electron chi connectivity index (χ0n) is 9.09. The van der Waals surface area contributed by atoms with Gasteiger partial charge in [-0.2, -0.15) is 0 Å². The van der Waals surface area contributed by atoms with Crippen molar-refractivity contribution in [2.24, 2.45) is 0 Å². The van der Waals surface area contributed by atoms with Gasteiger partial charge in [0.1, 0.15) is 0 Å². The molecule has 2 rings (SSSR count). The van der Waals surface area contributed by atoms with E-state index in [2.05, 4.69) is 20.9 Å². The van der Waals surface area contributed by atoms with E-state index < -0.39 is 9.84 Å². The van der Waals surface area contributed by atoms with E-state index in [0.29, 0.717) is 5.56 Å². The molecule has 0 atom stereocenters. The molecule has 0 saturated carbocycles. The summed E-state index contributed by atoms with van der Waals surface area (Å²) in [6.45, 7) is 1.73. The molecule has 0 amide bonds. The topological polar surface area (TPSA) is 47.0 Å². The summed E-state index contributed by atoms with van der Waals surface area (Å²) in [4.78, 5) is 4.25.